The summed E-state index contributed by atoms with van der Waals surface area (Å²) in [6.45, 7) is 3.78. The number of hydrogen-bond acceptors (Lipinski definition) is 5. The molecule has 0 fully saturated rings. The van der Waals surface area contributed by atoms with Crippen molar-refractivity contribution in [3.63, 3.8) is 0 Å². The lowest BCUT2D eigenvalue weighted by molar-refractivity contribution is 0.250. The van der Waals surface area contributed by atoms with Crippen molar-refractivity contribution in [1.82, 2.24) is 24.6 Å². The molecule has 0 spiro atoms. The van der Waals surface area contributed by atoms with Crippen LogP contribution in [0.5, 0.6) is 0 Å². The largest absolute Gasteiger partial charge is 0.458 e. The maximum absolute atomic E-state index is 12.3. The van der Waals surface area contributed by atoms with Gasteiger partial charge >= 0.3 is 0 Å². The number of rotatable bonds is 3. The molecule has 3 aromatic heterocycles. The van der Waals surface area contributed by atoms with Gasteiger partial charge in [-0.2, -0.15) is 5.10 Å². The van der Waals surface area contributed by atoms with E-state index in [4.69, 9.17) is 4.42 Å². The Morgan fingerprint density at radius 2 is 2.17 bits per heavy atom. The Kier molecular flexibility index (Phi) is 3.16. The van der Waals surface area contributed by atoms with Crippen LogP contribution in [0.1, 0.15) is 22.8 Å². The van der Waals surface area contributed by atoms with Crippen molar-refractivity contribution in [2.45, 2.75) is 26.6 Å². The Balaban J connectivity index is 1.53. The van der Waals surface area contributed by atoms with Crippen molar-refractivity contribution in [2.24, 2.45) is 7.05 Å². The van der Waals surface area contributed by atoms with E-state index in [2.05, 4.69) is 20.1 Å². The summed E-state index contributed by atoms with van der Waals surface area (Å²) < 4.78 is 7.45. The van der Waals surface area contributed by atoms with Crippen LogP contribution in [0.4, 0.5) is 0 Å². The van der Waals surface area contributed by atoms with Gasteiger partial charge in [-0.15, -0.1) is 0 Å². The quantitative estimate of drug-likeness (QED) is 0.794. The molecule has 0 amide bonds. The van der Waals surface area contributed by atoms with E-state index >= 15 is 0 Å². The van der Waals surface area contributed by atoms with Crippen molar-refractivity contribution in [2.75, 3.05) is 0 Å². The lowest BCUT2D eigenvalue weighted by Gasteiger charge is -2.11. The first-order valence-corrected chi connectivity index (χ1v) is 7.48. The molecule has 4 rings (SSSR count). The Morgan fingerprint density at radius 1 is 1.30 bits per heavy atom. The summed E-state index contributed by atoms with van der Waals surface area (Å²) in [7, 11) is 1.76. The van der Waals surface area contributed by atoms with Gasteiger partial charge in [-0.3, -0.25) is 19.4 Å². The van der Waals surface area contributed by atoms with E-state index in [9.17, 15) is 4.79 Å². The van der Waals surface area contributed by atoms with Crippen LogP contribution in [0, 0.1) is 6.92 Å². The Hall–Kier alpha value is -2.67. The summed E-state index contributed by atoms with van der Waals surface area (Å²) in [5.41, 5.74) is 2.57. The van der Waals surface area contributed by atoms with Crippen LogP contribution >= 0.6 is 0 Å². The SMILES string of the molecule is Cc1nc2c(c(=O)n1C)CN(Cc1ccc(-c3ccn[nH]3)o1)C2. The highest BCUT2D eigenvalue weighted by molar-refractivity contribution is 5.51. The Bertz CT molecular complexity index is 907. The standard InChI is InChI=1S/C16H17N5O2/c1-10-18-14-9-21(8-12(14)16(22)20(10)2)7-11-3-4-15(23-11)13-5-6-17-19-13/h3-6H,7-9H2,1-2H3,(H,17,19). The van der Waals surface area contributed by atoms with E-state index in [1.807, 2.05) is 25.1 Å². The summed E-state index contributed by atoms with van der Waals surface area (Å²) in [5.74, 6) is 2.37. The summed E-state index contributed by atoms with van der Waals surface area (Å²) in [6.07, 6.45) is 1.69. The predicted octanol–water partition coefficient (Wildman–Crippen LogP) is 1.59. The fourth-order valence-electron chi connectivity index (χ4n) is 2.92. The van der Waals surface area contributed by atoms with Crippen molar-refractivity contribution in [3.8, 4) is 11.5 Å². The number of furan rings is 1. The van der Waals surface area contributed by atoms with Gasteiger partial charge in [0.15, 0.2) is 5.76 Å². The summed E-state index contributed by atoms with van der Waals surface area (Å²) >= 11 is 0. The van der Waals surface area contributed by atoms with Crippen LogP contribution < -0.4 is 5.56 Å². The van der Waals surface area contributed by atoms with E-state index in [0.717, 1.165) is 34.3 Å². The minimum absolute atomic E-state index is 0.0487. The van der Waals surface area contributed by atoms with Gasteiger partial charge in [0.2, 0.25) is 0 Å². The van der Waals surface area contributed by atoms with Crippen LogP contribution in [0.25, 0.3) is 11.5 Å². The van der Waals surface area contributed by atoms with E-state index in [1.54, 1.807) is 17.8 Å². The molecule has 0 saturated carbocycles. The van der Waals surface area contributed by atoms with E-state index in [0.29, 0.717) is 19.6 Å². The lowest BCUT2D eigenvalue weighted by atomic mass is 10.2. The van der Waals surface area contributed by atoms with Crippen LogP contribution in [0.15, 0.2) is 33.6 Å². The first-order valence-electron chi connectivity index (χ1n) is 7.48. The van der Waals surface area contributed by atoms with Gasteiger partial charge in [0.05, 0.1) is 17.8 Å². The molecule has 23 heavy (non-hydrogen) atoms. The second kappa shape index (κ2) is 5.20. The van der Waals surface area contributed by atoms with Crippen molar-refractivity contribution < 1.29 is 4.42 Å². The van der Waals surface area contributed by atoms with E-state index in [1.165, 1.54) is 0 Å². The molecule has 4 heterocycles. The fraction of sp³-hybridized carbons (Fsp3) is 0.312. The molecule has 3 aromatic rings. The first kappa shape index (κ1) is 14.0. The maximum Gasteiger partial charge on any atom is 0.258 e. The minimum atomic E-state index is 0.0487. The number of nitrogens with one attached hydrogen (secondary N) is 1. The van der Waals surface area contributed by atoms with Crippen LogP contribution in [0.3, 0.4) is 0 Å². The molecule has 1 aliphatic heterocycles. The van der Waals surface area contributed by atoms with Gasteiger partial charge in [-0.1, -0.05) is 0 Å². The van der Waals surface area contributed by atoms with Gasteiger partial charge in [0, 0.05) is 26.3 Å². The summed E-state index contributed by atoms with van der Waals surface area (Å²) in [4.78, 5) is 19.0. The molecule has 0 saturated heterocycles. The number of H-pyrrole nitrogens is 1. The fourth-order valence-corrected chi connectivity index (χ4v) is 2.92. The summed E-state index contributed by atoms with van der Waals surface area (Å²) in [5, 5.41) is 6.81. The second-order valence-corrected chi connectivity index (χ2v) is 5.83. The molecule has 7 nitrogen and oxygen atoms in total. The highest BCUT2D eigenvalue weighted by Gasteiger charge is 2.25. The molecule has 0 unspecified atom stereocenters. The predicted molar refractivity (Wildman–Crippen MR) is 83.5 cm³/mol. The van der Waals surface area contributed by atoms with Crippen LogP contribution in [-0.4, -0.2) is 24.6 Å². The highest BCUT2D eigenvalue weighted by Crippen LogP contribution is 2.24. The Labute approximate surface area is 132 Å². The number of aromatic nitrogens is 4. The zero-order chi connectivity index (χ0) is 16.0. The third-order valence-corrected chi connectivity index (χ3v) is 4.26. The maximum atomic E-state index is 12.3. The van der Waals surface area contributed by atoms with Crippen molar-refractivity contribution in [1.29, 1.82) is 0 Å². The first-order chi connectivity index (χ1) is 11.1. The second-order valence-electron chi connectivity index (χ2n) is 5.83. The van der Waals surface area contributed by atoms with Gasteiger partial charge in [-0.05, 0) is 25.1 Å². The average molecular weight is 311 g/mol. The summed E-state index contributed by atoms with van der Waals surface area (Å²) in [6, 6.07) is 5.74. The number of nitrogens with zero attached hydrogens (tertiary/aromatic N) is 4. The topological polar surface area (TPSA) is 80.0 Å². The van der Waals surface area contributed by atoms with Crippen molar-refractivity contribution in [3.05, 3.63) is 57.6 Å². The van der Waals surface area contributed by atoms with Gasteiger partial charge in [-0.25, -0.2) is 4.98 Å². The molecule has 0 radical (unpaired) electrons. The zero-order valence-electron chi connectivity index (χ0n) is 13.0. The van der Waals surface area contributed by atoms with Crippen molar-refractivity contribution >= 4 is 0 Å². The zero-order valence-corrected chi connectivity index (χ0v) is 13.0. The van der Waals surface area contributed by atoms with Crippen LogP contribution in [0.2, 0.25) is 0 Å². The molecule has 0 atom stereocenters. The third-order valence-electron chi connectivity index (χ3n) is 4.26. The number of hydrogen-bond donors (Lipinski definition) is 1. The average Bonchev–Trinajstić information content (AvgIpc) is 3.24. The molecule has 1 N–H and O–H groups in total. The minimum Gasteiger partial charge on any atom is -0.458 e. The molecule has 7 heteroatoms. The van der Waals surface area contributed by atoms with E-state index in [-0.39, 0.29) is 5.56 Å². The normalized spacial score (nSPS) is 14.3. The smallest absolute Gasteiger partial charge is 0.258 e. The molecule has 0 aliphatic carbocycles. The monoisotopic (exact) mass is 311 g/mol. The van der Waals surface area contributed by atoms with Crippen LogP contribution in [-0.2, 0) is 26.7 Å². The molecule has 118 valence electrons. The van der Waals surface area contributed by atoms with Gasteiger partial charge in [0.25, 0.3) is 5.56 Å². The van der Waals surface area contributed by atoms with Gasteiger partial charge < -0.3 is 4.42 Å². The highest BCUT2D eigenvalue weighted by atomic mass is 16.3. The molecule has 0 aromatic carbocycles. The number of aromatic amines is 1. The van der Waals surface area contributed by atoms with Gasteiger partial charge in [0.1, 0.15) is 17.3 Å². The molecular weight excluding hydrogens is 294 g/mol. The molecular formula is C16H17N5O2. The molecule has 0 bridgehead atoms. The third kappa shape index (κ3) is 2.39. The van der Waals surface area contributed by atoms with E-state index < -0.39 is 0 Å². The Morgan fingerprint density at radius 3 is 2.96 bits per heavy atom. The lowest BCUT2D eigenvalue weighted by Crippen LogP contribution is -2.25. The number of fused-ring (bicyclic) bond motifs is 1. The molecule has 1 aliphatic rings. The number of aryl methyl sites for hydroxylation is 1.